The number of hydrogen-bond acceptors (Lipinski definition) is 5. The number of thiophene rings is 1. The Balaban J connectivity index is 1.62. The first-order valence-corrected chi connectivity index (χ1v) is 8.31. The first-order valence-electron chi connectivity index (χ1n) is 7.49. The van der Waals surface area contributed by atoms with E-state index in [-0.39, 0.29) is 24.0 Å². The number of primary amides is 1. The maximum absolute atomic E-state index is 12.3. The van der Waals surface area contributed by atoms with E-state index in [9.17, 15) is 9.59 Å². The molecule has 3 rings (SSSR count). The summed E-state index contributed by atoms with van der Waals surface area (Å²) in [6.45, 7) is 3.40. The minimum Gasteiger partial charge on any atom is -0.446 e. The van der Waals surface area contributed by atoms with Gasteiger partial charge in [-0.05, 0) is 37.8 Å². The van der Waals surface area contributed by atoms with Gasteiger partial charge < -0.3 is 20.5 Å². The van der Waals surface area contributed by atoms with Crippen molar-refractivity contribution in [3.63, 3.8) is 0 Å². The van der Waals surface area contributed by atoms with Crippen molar-refractivity contribution in [2.24, 2.45) is 5.73 Å². The fourth-order valence-corrected chi connectivity index (χ4v) is 3.85. The van der Waals surface area contributed by atoms with Gasteiger partial charge in [-0.3, -0.25) is 4.79 Å². The van der Waals surface area contributed by atoms with Crippen LogP contribution in [0, 0.1) is 6.92 Å². The molecule has 22 heavy (non-hydrogen) atoms. The highest BCUT2D eigenvalue weighted by Gasteiger charge is 2.43. The molecule has 1 aliphatic heterocycles. The molecule has 120 valence electrons. The summed E-state index contributed by atoms with van der Waals surface area (Å²) in [5.41, 5.74) is 6.13. The standard InChI is InChI=1S/C15H20N2O4S/c1-8-10(11-6-12(11)21-15(16)19)7-13(22-8)14(18)17-9-2-4-20-5-3-9/h7,9,11-12H,2-6H2,1H3,(H2,16,19)(H,17,18). The third-order valence-electron chi connectivity index (χ3n) is 4.14. The van der Waals surface area contributed by atoms with Gasteiger partial charge in [0.15, 0.2) is 0 Å². The molecule has 1 aliphatic carbocycles. The Bertz CT molecular complexity index is 580. The average molecular weight is 324 g/mol. The van der Waals surface area contributed by atoms with Crippen molar-refractivity contribution in [2.75, 3.05) is 13.2 Å². The predicted molar refractivity (Wildman–Crippen MR) is 82.2 cm³/mol. The lowest BCUT2D eigenvalue weighted by molar-refractivity contribution is 0.0698. The second-order valence-corrected chi connectivity index (χ2v) is 7.06. The highest BCUT2D eigenvalue weighted by atomic mass is 32.1. The number of rotatable bonds is 4. The van der Waals surface area contributed by atoms with E-state index in [1.165, 1.54) is 11.3 Å². The highest BCUT2D eigenvalue weighted by Crippen LogP contribution is 2.46. The van der Waals surface area contributed by atoms with Crippen molar-refractivity contribution >= 4 is 23.3 Å². The van der Waals surface area contributed by atoms with Crippen LogP contribution in [0.4, 0.5) is 4.79 Å². The Kier molecular flexibility index (Phi) is 4.35. The van der Waals surface area contributed by atoms with Crippen LogP contribution in [0.5, 0.6) is 0 Å². The van der Waals surface area contributed by atoms with Crippen molar-refractivity contribution in [3.05, 3.63) is 21.4 Å². The molecule has 0 spiro atoms. The van der Waals surface area contributed by atoms with Crippen LogP contribution < -0.4 is 11.1 Å². The van der Waals surface area contributed by atoms with E-state index in [0.717, 1.165) is 29.7 Å². The number of hydrogen-bond donors (Lipinski definition) is 2. The van der Waals surface area contributed by atoms with E-state index in [0.29, 0.717) is 18.1 Å². The van der Waals surface area contributed by atoms with Gasteiger partial charge in [0.05, 0.1) is 4.88 Å². The Labute approximate surface area is 133 Å². The molecule has 1 aromatic heterocycles. The van der Waals surface area contributed by atoms with Gasteiger partial charge in [-0.2, -0.15) is 0 Å². The van der Waals surface area contributed by atoms with Crippen LogP contribution in [0.25, 0.3) is 0 Å². The molecule has 6 nitrogen and oxygen atoms in total. The number of nitrogens with one attached hydrogen (secondary N) is 1. The van der Waals surface area contributed by atoms with Crippen molar-refractivity contribution in [1.29, 1.82) is 0 Å². The number of amides is 2. The maximum Gasteiger partial charge on any atom is 0.404 e. The summed E-state index contributed by atoms with van der Waals surface area (Å²) in [6.07, 6.45) is 1.62. The summed E-state index contributed by atoms with van der Waals surface area (Å²) in [5.74, 6) is 0.146. The lowest BCUT2D eigenvalue weighted by Crippen LogP contribution is -2.38. The molecule has 2 amide bonds. The molecule has 2 aliphatic rings. The fourth-order valence-electron chi connectivity index (χ4n) is 2.85. The zero-order valence-electron chi connectivity index (χ0n) is 12.5. The van der Waals surface area contributed by atoms with E-state index in [4.69, 9.17) is 15.2 Å². The third kappa shape index (κ3) is 3.41. The number of nitrogens with two attached hydrogens (primary N) is 1. The monoisotopic (exact) mass is 324 g/mol. The summed E-state index contributed by atoms with van der Waals surface area (Å²) < 4.78 is 10.3. The fraction of sp³-hybridized carbons (Fsp3) is 0.600. The Hall–Kier alpha value is -1.60. The topological polar surface area (TPSA) is 90.7 Å². The summed E-state index contributed by atoms with van der Waals surface area (Å²) in [7, 11) is 0. The van der Waals surface area contributed by atoms with Crippen molar-refractivity contribution in [3.8, 4) is 0 Å². The summed E-state index contributed by atoms with van der Waals surface area (Å²) in [4.78, 5) is 24.9. The van der Waals surface area contributed by atoms with E-state index in [2.05, 4.69) is 5.32 Å². The molecule has 2 unspecified atom stereocenters. The van der Waals surface area contributed by atoms with Gasteiger partial charge in [0.2, 0.25) is 0 Å². The van der Waals surface area contributed by atoms with Crippen molar-refractivity contribution < 1.29 is 19.1 Å². The van der Waals surface area contributed by atoms with Crippen LogP contribution in [-0.4, -0.2) is 37.4 Å². The molecule has 2 fully saturated rings. The second-order valence-electron chi connectivity index (χ2n) is 5.80. The first-order chi connectivity index (χ1) is 10.5. The zero-order valence-corrected chi connectivity index (χ0v) is 13.3. The summed E-state index contributed by atoms with van der Waals surface area (Å²) >= 11 is 1.49. The van der Waals surface area contributed by atoms with Gasteiger partial charge >= 0.3 is 6.09 Å². The van der Waals surface area contributed by atoms with Gasteiger partial charge in [0, 0.05) is 30.1 Å². The smallest absolute Gasteiger partial charge is 0.404 e. The van der Waals surface area contributed by atoms with E-state index in [1.54, 1.807) is 0 Å². The number of carbonyl (C=O) groups excluding carboxylic acids is 2. The Morgan fingerprint density at radius 1 is 1.41 bits per heavy atom. The van der Waals surface area contributed by atoms with Gasteiger partial charge in [-0.25, -0.2) is 4.79 Å². The molecular weight excluding hydrogens is 304 g/mol. The minimum absolute atomic E-state index is 0.0285. The normalized spacial score (nSPS) is 24.8. The van der Waals surface area contributed by atoms with Crippen molar-refractivity contribution in [1.82, 2.24) is 5.32 Å². The maximum atomic E-state index is 12.3. The number of carbonyl (C=O) groups is 2. The van der Waals surface area contributed by atoms with Gasteiger partial charge in [-0.15, -0.1) is 11.3 Å². The molecule has 1 aromatic rings. The van der Waals surface area contributed by atoms with E-state index >= 15 is 0 Å². The highest BCUT2D eigenvalue weighted by molar-refractivity contribution is 7.14. The van der Waals surface area contributed by atoms with Crippen LogP contribution in [0.1, 0.15) is 45.3 Å². The van der Waals surface area contributed by atoms with E-state index < -0.39 is 6.09 Å². The average Bonchev–Trinajstić information content (AvgIpc) is 3.10. The summed E-state index contributed by atoms with van der Waals surface area (Å²) in [6, 6.07) is 2.11. The minimum atomic E-state index is -0.738. The third-order valence-corrected chi connectivity index (χ3v) is 5.20. The largest absolute Gasteiger partial charge is 0.446 e. The van der Waals surface area contributed by atoms with Gasteiger partial charge in [0.1, 0.15) is 6.10 Å². The van der Waals surface area contributed by atoms with Gasteiger partial charge in [-0.1, -0.05) is 0 Å². The molecule has 2 atom stereocenters. The van der Waals surface area contributed by atoms with Crippen molar-refractivity contribution in [2.45, 2.75) is 44.2 Å². The molecule has 1 saturated carbocycles. The van der Waals surface area contributed by atoms with E-state index in [1.807, 2.05) is 13.0 Å². The quantitative estimate of drug-likeness (QED) is 0.885. The Morgan fingerprint density at radius 2 is 2.14 bits per heavy atom. The van der Waals surface area contributed by atoms with Crippen LogP contribution in [0.2, 0.25) is 0 Å². The summed E-state index contributed by atoms with van der Waals surface area (Å²) in [5, 5.41) is 3.06. The van der Waals surface area contributed by atoms with Crippen LogP contribution in [0.3, 0.4) is 0 Å². The molecular formula is C15H20N2O4S. The lowest BCUT2D eigenvalue weighted by Gasteiger charge is -2.22. The van der Waals surface area contributed by atoms with Gasteiger partial charge in [0.25, 0.3) is 5.91 Å². The lowest BCUT2D eigenvalue weighted by atomic mass is 10.1. The molecule has 2 heterocycles. The number of ether oxygens (including phenoxy) is 2. The first kappa shape index (κ1) is 15.3. The molecule has 0 bridgehead atoms. The predicted octanol–water partition coefficient (Wildman–Crippen LogP) is 1.92. The van der Waals surface area contributed by atoms with Crippen LogP contribution in [0.15, 0.2) is 6.07 Å². The zero-order chi connectivity index (χ0) is 15.7. The van der Waals surface area contributed by atoms with Crippen LogP contribution in [-0.2, 0) is 9.47 Å². The second kappa shape index (κ2) is 6.26. The molecule has 7 heteroatoms. The molecule has 0 radical (unpaired) electrons. The SMILES string of the molecule is Cc1sc(C(=O)NC2CCOCC2)cc1C1CC1OC(N)=O. The molecule has 0 aromatic carbocycles. The molecule has 3 N–H and O–H groups in total. The Morgan fingerprint density at radius 3 is 2.82 bits per heavy atom. The molecule has 1 saturated heterocycles. The van der Waals surface area contributed by atoms with Crippen LogP contribution >= 0.6 is 11.3 Å². The number of aryl methyl sites for hydroxylation is 1.